The predicted molar refractivity (Wildman–Crippen MR) is 96.1 cm³/mol. The molecule has 7 nitrogen and oxygen atoms in total. The average Bonchev–Trinajstić information content (AvgIpc) is 3.16. The maximum absolute atomic E-state index is 12.7. The number of aromatic nitrogens is 4. The van der Waals surface area contributed by atoms with Crippen molar-refractivity contribution in [3.8, 4) is 11.5 Å². The molecule has 4 rings (SSSR count). The molecular formula is C19H18N4O3. The van der Waals surface area contributed by atoms with Gasteiger partial charge in [-0.05, 0) is 39.3 Å². The fourth-order valence-electron chi connectivity index (χ4n) is 2.94. The third-order valence-electron chi connectivity index (χ3n) is 4.47. The van der Waals surface area contributed by atoms with Crippen LogP contribution in [0.3, 0.4) is 0 Å². The maximum Gasteiger partial charge on any atom is 0.266 e. The van der Waals surface area contributed by atoms with E-state index >= 15 is 0 Å². The number of fused-ring (bicyclic) bond motifs is 1. The molecule has 0 aliphatic heterocycles. The lowest BCUT2D eigenvalue weighted by Crippen LogP contribution is -2.21. The Morgan fingerprint density at radius 1 is 1.15 bits per heavy atom. The van der Waals surface area contributed by atoms with Crippen LogP contribution in [0.4, 0.5) is 0 Å². The van der Waals surface area contributed by atoms with Crippen LogP contribution in [0.5, 0.6) is 0 Å². The molecule has 0 fully saturated rings. The van der Waals surface area contributed by atoms with E-state index in [1.54, 1.807) is 6.92 Å². The minimum Gasteiger partial charge on any atom is -0.441 e. The first-order chi connectivity index (χ1) is 12.4. The highest BCUT2D eigenvalue weighted by Crippen LogP contribution is 2.26. The zero-order valence-electron chi connectivity index (χ0n) is 15.0. The van der Waals surface area contributed by atoms with E-state index in [2.05, 4.69) is 21.2 Å². The number of benzene rings is 1. The molecule has 4 aromatic rings. The summed E-state index contributed by atoms with van der Waals surface area (Å²) in [5, 5.41) is 4.19. The molecule has 0 unspecified atom stereocenters. The Labute approximate surface area is 149 Å². The Morgan fingerprint density at radius 3 is 2.77 bits per heavy atom. The van der Waals surface area contributed by atoms with Gasteiger partial charge in [0.2, 0.25) is 5.89 Å². The first kappa shape index (κ1) is 16.3. The number of hydrogen-bond donors (Lipinski definition) is 0. The van der Waals surface area contributed by atoms with Crippen LogP contribution < -0.4 is 5.56 Å². The van der Waals surface area contributed by atoms with Gasteiger partial charge in [0.1, 0.15) is 23.2 Å². The summed E-state index contributed by atoms with van der Waals surface area (Å²) in [6.07, 6.45) is 1.45. The topological polar surface area (TPSA) is 87.0 Å². The van der Waals surface area contributed by atoms with Crippen LogP contribution in [0, 0.1) is 27.7 Å². The van der Waals surface area contributed by atoms with Gasteiger partial charge in [-0.2, -0.15) is 0 Å². The van der Waals surface area contributed by atoms with Crippen molar-refractivity contribution in [2.75, 3.05) is 0 Å². The van der Waals surface area contributed by atoms with E-state index in [9.17, 15) is 4.79 Å². The second-order valence-corrected chi connectivity index (χ2v) is 6.47. The highest BCUT2D eigenvalue weighted by Gasteiger charge is 2.17. The summed E-state index contributed by atoms with van der Waals surface area (Å²) < 4.78 is 12.4. The summed E-state index contributed by atoms with van der Waals surface area (Å²) in [6.45, 7) is 7.89. The molecule has 0 saturated carbocycles. The normalized spacial score (nSPS) is 11.4. The number of oxazole rings is 1. The maximum atomic E-state index is 12.7. The van der Waals surface area contributed by atoms with Gasteiger partial charge in [0.15, 0.2) is 0 Å². The van der Waals surface area contributed by atoms with Gasteiger partial charge < -0.3 is 8.94 Å². The summed E-state index contributed by atoms with van der Waals surface area (Å²) in [7, 11) is 0. The third kappa shape index (κ3) is 2.61. The van der Waals surface area contributed by atoms with Crippen molar-refractivity contribution in [2.24, 2.45) is 0 Å². The van der Waals surface area contributed by atoms with Crippen LogP contribution >= 0.6 is 0 Å². The third-order valence-corrected chi connectivity index (χ3v) is 4.47. The summed E-state index contributed by atoms with van der Waals surface area (Å²) in [5.41, 5.74) is 4.44. The van der Waals surface area contributed by atoms with E-state index in [-0.39, 0.29) is 17.8 Å². The lowest BCUT2D eigenvalue weighted by Gasteiger charge is -2.03. The second-order valence-electron chi connectivity index (χ2n) is 6.47. The van der Waals surface area contributed by atoms with Gasteiger partial charge in [-0.1, -0.05) is 22.9 Å². The predicted octanol–water partition coefficient (Wildman–Crippen LogP) is 3.32. The fraction of sp³-hybridized carbons (Fsp3) is 0.263. The molecule has 132 valence electrons. The van der Waals surface area contributed by atoms with Crippen LogP contribution in [0.1, 0.15) is 28.3 Å². The minimum atomic E-state index is -0.204. The molecule has 0 atom stereocenters. The molecule has 0 saturated heterocycles. The van der Waals surface area contributed by atoms with Crippen molar-refractivity contribution in [2.45, 2.75) is 34.2 Å². The second kappa shape index (κ2) is 5.94. The van der Waals surface area contributed by atoms with Crippen LogP contribution in [-0.4, -0.2) is 19.7 Å². The number of hydrogen-bond acceptors (Lipinski definition) is 6. The van der Waals surface area contributed by atoms with Crippen molar-refractivity contribution in [3.05, 3.63) is 63.2 Å². The van der Waals surface area contributed by atoms with Gasteiger partial charge in [0.05, 0.1) is 12.2 Å². The monoisotopic (exact) mass is 350 g/mol. The van der Waals surface area contributed by atoms with E-state index in [4.69, 9.17) is 8.94 Å². The smallest absolute Gasteiger partial charge is 0.266 e. The van der Waals surface area contributed by atoms with Crippen molar-refractivity contribution < 1.29 is 8.94 Å². The van der Waals surface area contributed by atoms with E-state index in [0.717, 1.165) is 16.7 Å². The number of nitrogens with zero attached hydrogens (tertiary/aromatic N) is 4. The van der Waals surface area contributed by atoms with Gasteiger partial charge >= 0.3 is 0 Å². The van der Waals surface area contributed by atoms with E-state index < -0.39 is 0 Å². The van der Waals surface area contributed by atoms with Gasteiger partial charge in [-0.3, -0.25) is 9.36 Å². The Kier molecular flexibility index (Phi) is 3.72. The Hall–Kier alpha value is -3.22. The summed E-state index contributed by atoms with van der Waals surface area (Å²) in [6, 6.07) is 6.14. The first-order valence-corrected chi connectivity index (χ1v) is 8.29. The van der Waals surface area contributed by atoms with Crippen LogP contribution in [0.2, 0.25) is 0 Å². The van der Waals surface area contributed by atoms with Crippen molar-refractivity contribution >= 4 is 11.1 Å². The molecule has 26 heavy (non-hydrogen) atoms. The van der Waals surface area contributed by atoms with Crippen molar-refractivity contribution in [1.29, 1.82) is 0 Å². The molecule has 3 heterocycles. The van der Waals surface area contributed by atoms with Gasteiger partial charge in [0, 0.05) is 5.56 Å². The van der Waals surface area contributed by atoms with E-state index in [0.29, 0.717) is 28.4 Å². The SMILES string of the molecule is Cc1ccc(C)c(-c2nc(Cn3cnc4onc(C)c4c3=O)c(C)o2)c1. The lowest BCUT2D eigenvalue weighted by atomic mass is 10.1. The molecule has 0 aliphatic rings. The lowest BCUT2D eigenvalue weighted by molar-refractivity contribution is 0.442. The Balaban J connectivity index is 1.75. The molecule has 3 aromatic heterocycles. The summed E-state index contributed by atoms with van der Waals surface area (Å²) in [5.74, 6) is 1.23. The zero-order valence-corrected chi connectivity index (χ0v) is 15.0. The number of rotatable bonds is 3. The molecular weight excluding hydrogens is 332 g/mol. The number of aryl methyl sites for hydroxylation is 4. The first-order valence-electron chi connectivity index (χ1n) is 8.29. The van der Waals surface area contributed by atoms with Crippen LogP contribution in [-0.2, 0) is 6.54 Å². The fourth-order valence-corrected chi connectivity index (χ4v) is 2.94. The van der Waals surface area contributed by atoms with Crippen LogP contribution in [0.15, 0.2) is 38.3 Å². The Morgan fingerprint density at radius 2 is 1.96 bits per heavy atom. The molecule has 0 aliphatic carbocycles. The highest BCUT2D eigenvalue weighted by molar-refractivity contribution is 5.73. The molecule has 7 heteroatoms. The molecule has 0 bridgehead atoms. The van der Waals surface area contributed by atoms with Gasteiger partial charge in [-0.25, -0.2) is 9.97 Å². The van der Waals surface area contributed by atoms with Gasteiger partial charge in [-0.15, -0.1) is 0 Å². The molecule has 1 aromatic carbocycles. The van der Waals surface area contributed by atoms with Crippen LogP contribution in [0.25, 0.3) is 22.6 Å². The standard InChI is InChI=1S/C19H18N4O3/c1-10-5-6-11(2)14(7-10)17-21-15(13(4)25-17)8-23-9-20-18-16(19(23)24)12(3)22-26-18/h5-7,9H,8H2,1-4H3. The Bertz CT molecular complexity index is 1180. The molecule has 0 spiro atoms. The van der Waals surface area contributed by atoms with Gasteiger partial charge in [0.25, 0.3) is 11.3 Å². The molecule has 0 amide bonds. The van der Waals surface area contributed by atoms with Crippen molar-refractivity contribution in [3.63, 3.8) is 0 Å². The zero-order chi connectivity index (χ0) is 18.4. The largest absolute Gasteiger partial charge is 0.441 e. The minimum absolute atomic E-state index is 0.204. The van der Waals surface area contributed by atoms with E-state index in [1.807, 2.05) is 32.9 Å². The quantitative estimate of drug-likeness (QED) is 0.563. The summed E-state index contributed by atoms with van der Waals surface area (Å²) >= 11 is 0. The highest BCUT2D eigenvalue weighted by atomic mass is 16.5. The van der Waals surface area contributed by atoms with Crippen molar-refractivity contribution in [1.82, 2.24) is 19.7 Å². The molecule has 0 N–H and O–H groups in total. The molecule has 0 radical (unpaired) electrons. The summed E-state index contributed by atoms with van der Waals surface area (Å²) in [4.78, 5) is 21.4. The average molecular weight is 350 g/mol. The van der Waals surface area contributed by atoms with E-state index in [1.165, 1.54) is 10.9 Å².